The third-order valence-electron chi connectivity index (χ3n) is 5.37. The molecule has 9 heteroatoms. The summed E-state index contributed by atoms with van der Waals surface area (Å²) in [5, 5.41) is 5.10. The molecule has 0 fully saturated rings. The number of hydrogen-bond donors (Lipinski definition) is 2. The molecule has 1 atom stereocenters. The number of nitrogens with zero attached hydrogens (tertiary/aromatic N) is 1. The van der Waals surface area contributed by atoms with Crippen LogP contribution in [0.15, 0.2) is 18.2 Å². The largest absolute Gasteiger partial charge is 0.468 e. The normalized spacial score (nSPS) is 11.9. The van der Waals surface area contributed by atoms with Gasteiger partial charge in [-0.1, -0.05) is 44.4 Å². The van der Waals surface area contributed by atoms with Gasteiger partial charge in [0.15, 0.2) is 0 Å². The molecule has 0 aliphatic carbocycles. The molecule has 0 aromatic heterocycles. The Morgan fingerprint density at radius 2 is 1.60 bits per heavy atom. The van der Waals surface area contributed by atoms with Crippen LogP contribution in [0.2, 0.25) is 0 Å². The van der Waals surface area contributed by atoms with E-state index in [0.717, 1.165) is 30.4 Å². The number of methoxy groups -OCH3 is 1. The van der Waals surface area contributed by atoms with Crippen molar-refractivity contribution in [3.8, 4) is 0 Å². The lowest BCUT2D eigenvalue weighted by Gasteiger charge is -2.33. The van der Waals surface area contributed by atoms with E-state index in [-0.39, 0.29) is 13.1 Å². The van der Waals surface area contributed by atoms with E-state index >= 15 is 0 Å². The fraction of sp³-hybridized carbons (Fsp3) is 0.615. The van der Waals surface area contributed by atoms with Gasteiger partial charge in [0.2, 0.25) is 11.8 Å². The van der Waals surface area contributed by atoms with E-state index in [1.807, 2.05) is 32.0 Å². The number of aryl methyl sites for hydroxylation is 2. The lowest BCUT2D eigenvalue weighted by molar-refractivity contribution is -0.143. The van der Waals surface area contributed by atoms with Crippen molar-refractivity contribution < 1.29 is 28.7 Å². The molecule has 1 aromatic rings. The van der Waals surface area contributed by atoms with Gasteiger partial charge in [-0.3, -0.25) is 14.4 Å². The number of unbranched alkanes of at least 4 members (excludes halogenated alkanes) is 3. The molecule has 0 heterocycles. The lowest BCUT2D eigenvalue weighted by atomic mass is 9.93. The van der Waals surface area contributed by atoms with Crippen molar-refractivity contribution in [2.45, 2.75) is 78.9 Å². The third kappa shape index (κ3) is 10.4. The minimum absolute atomic E-state index is 0.315. The number of carbonyl (C=O) groups is 4. The van der Waals surface area contributed by atoms with Crippen LogP contribution in [0, 0.1) is 13.8 Å². The van der Waals surface area contributed by atoms with Crippen LogP contribution in [0.3, 0.4) is 0 Å². The van der Waals surface area contributed by atoms with Crippen molar-refractivity contribution >= 4 is 23.9 Å². The fourth-order valence-electron chi connectivity index (χ4n) is 3.69. The average Bonchev–Trinajstić information content (AvgIpc) is 2.77. The average molecular weight is 492 g/mol. The molecule has 0 saturated heterocycles. The summed E-state index contributed by atoms with van der Waals surface area (Å²) in [6, 6.07) is 4.66. The number of hydrogen-bond acceptors (Lipinski definition) is 6. The van der Waals surface area contributed by atoms with Gasteiger partial charge in [-0.15, -0.1) is 0 Å². The van der Waals surface area contributed by atoms with Gasteiger partial charge >= 0.3 is 12.1 Å². The maximum absolute atomic E-state index is 13.4. The summed E-state index contributed by atoms with van der Waals surface area (Å²) >= 11 is 0. The number of esters is 1. The zero-order valence-corrected chi connectivity index (χ0v) is 22.2. The molecule has 1 aromatic carbocycles. The summed E-state index contributed by atoms with van der Waals surface area (Å²) in [6.45, 7) is 10.7. The van der Waals surface area contributed by atoms with Gasteiger partial charge in [-0.25, -0.2) is 4.79 Å². The molecule has 0 spiro atoms. The second-order valence-electron chi connectivity index (χ2n) is 9.51. The van der Waals surface area contributed by atoms with E-state index < -0.39 is 35.5 Å². The Balaban J connectivity index is 3.30. The molecule has 1 rings (SSSR count). The van der Waals surface area contributed by atoms with Crippen LogP contribution < -0.4 is 10.6 Å². The van der Waals surface area contributed by atoms with Gasteiger partial charge in [0.25, 0.3) is 0 Å². The topological polar surface area (TPSA) is 114 Å². The monoisotopic (exact) mass is 491 g/mol. The van der Waals surface area contributed by atoms with Gasteiger partial charge in [0.1, 0.15) is 24.7 Å². The van der Waals surface area contributed by atoms with Crippen molar-refractivity contribution in [1.29, 1.82) is 0 Å². The summed E-state index contributed by atoms with van der Waals surface area (Å²) in [6.07, 6.45) is 2.89. The Labute approximate surface area is 208 Å². The van der Waals surface area contributed by atoms with E-state index in [4.69, 9.17) is 4.74 Å². The first kappa shape index (κ1) is 29.9. The highest BCUT2D eigenvalue weighted by Crippen LogP contribution is 2.28. The van der Waals surface area contributed by atoms with Crippen LogP contribution in [-0.4, -0.2) is 61.1 Å². The number of ether oxygens (including phenoxy) is 2. The SMILES string of the molecule is CCCCCCN(C(=O)CNC(=O)OC(C)(C)C)C(C(=O)NCC(=O)OC)c1c(C)cccc1C. The van der Waals surface area contributed by atoms with Crippen molar-refractivity contribution in [2.24, 2.45) is 0 Å². The fourth-order valence-corrected chi connectivity index (χ4v) is 3.69. The van der Waals surface area contributed by atoms with Crippen molar-refractivity contribution in [3.05, 3.63) is 34.9 Å². The van der Waals surface area contributed by atoms with Crippen LogP contribution in [0.1, 0.15) is 76.1 Å². The Kier molecular flexibility index (Phi) is 12.3. The highest BCUT2D eigenvalue weighted by atomic mass is 16.6. The maximum Gasteiger partial charge on any atom is 0.408 e. The molecule has 3 amide bonds. The molecule has 1 unspecified atom stereocenters. The minimum atomic E-state index is -0.976. The van der Waals surface area contributed by atoms with Gasteiger partial charge in [-0.05, 0) is 57.7 Å². The molecule has 35 heavy (non-hydrogen) atoms. The van der Waals surface area contributed by atoms with Gasteiger partial charge in [0.05, 0.1) is 7.11 Å². The Hall–Kier alpha value is -3.10. The molecular formula is C26H41N3O6. The zero-order valence-electron chi connectivity index (χ0n) is 22.2. The predicted octanol–water partition coefficient (Wildman–Crippen LogP) is 3.57. The Morgan fingerprint density at radius 3 is 2.14 bits per heavy atom. The number of carbonyl (C=O) groups excluding carboxylic acids is 4. The van der Waals surface area contributed by atoms with E-state index in [1.165, 1.54) is 12.0 Å². The maximum atomic E-state index is 13.4. The molecular weight excluding hydrogens is 450 g/mol. The van der Waals surface area contributed by atoms with E-state index in [0.29, 0.717) is 18.5 Å². The highest BCUT2D eigenvalue weighted by molar-refractivity contribution is 5.92. The van der Waals surface area contributed by atoms with Gasteiger partial charge in [0, 0.05) is 6.54 Å². The van der Waals surface area contributed by atoms with E-state index in [1.54, 1.807) is 20.8 Å². The van der Waals surface area contributed by atoms with E-state index in [9.17, 15) is 19.2 Å². The van der Waals surface area contributed by atoms with Crippen molar-refractivity contribution in [2.75, 3.05) is 26.7 Å². The lowest BCUT2D eigenvalue weighted by Crippen LogP contribution is -2.49. The molecule has 0 aliphatic rings. The second-order valence-corrected chi connectivity index (χ2v) is 9.51. The predicted molar refractivity (Wildman–Crippen MR) is 134 cm³/mol. The molecule has 0 saturated carbocycles. The number of alkyl carbamates (subject to hydrolysis) is 1. The first-order chi connectivity index (χ1) is 16.4. The van der Waals surface area contributed by atoms with Crippen LogP contribution in [0.25, 0.3) is 0 Å². The van der Waals surface area contributed by atoms with Crippen LogP contribution in [-0.2, 0) is 23.9 Å². The molecule has 0 radical (unpaired) electrons. The second kappa shape index (κ2) is 14.3. The molecule has 0 aliphatic heterocycles. The summed E-state index contributed by atoms with van der Waals surface area (Å²) in [5.74, 6) is -1.51. The third-order valence-corrected chi connectivity index (χ3v) is 5.37. The van der Waals surface area contributed by atoms with E-state index in [2.05, 4.69) is 22.3 Å². The standard InChI is InChI=1S/C26H41N3O6/c1-8-9-10-11-15-29(20(30)16-28-25(33)35-26(4,5)6)23(24(32)27-17-21(31)34-7)22-18(2)13-12-14-19(22)3/h12-14,23H,8-11,15-17H2,1-7H3,(H,27,32)(H,28,33). The summed E-state index contributed by atoms with van der Waals surface area (Å²) in [7, 11) is 1.24. The van der Waals surface area contributed by atoms with Gasteiger partial charge in [-0.2, -0.15) is 0 Å². The quantitative estimate of drug-likeness (QED) is 0.341. The summed E-state index contributed by atoms with van der Waals surface area (Å²) in [4.78, 5) is 52.1. The first-order valence-corrected chi connectivity index (χ1v) is 12.1. The summed E-state index contributed by atoms with van der Waals surface area (Å²) in [5.41, 5.74) is 1.67. The number of nitrogens with one attached hydrogen (secondary N) is 2. The van der Waals surface area contributed by atoms with Crippen LogP contribution in [0.4, 0.5) is 4.79 Å². The number of rotatable bonds is 12. The Bertz CT molecular complexity index is 858. The summed E-state index contributed by atoms with van der Waals surface area (Å²) < 4.78 is 9.88. The molecule has 2 N–H and O–H groups in total. The molecule has 9 nitrogen and oxygen atoms in total. The smallest absolute Gasteiger partial charge is 0.408 e. The van der Waals surface area contributed by atoms with Crippen LogP contribution >= 0.6 is 0 Å². The first-order valence-electron chi connectivity index (χ1n) is 12.1. The number of benzene rings is 1. The molecule has 196 valence electrons. The van der Waals surface area contributed by atoms with Crippen LogP contribution in [0.5, 0.6) is 0 Å². The van der Waals surface area contributed by atoms with Gasteiger partial charge < -0.3 is 25.0 Å². The molecule has 0 bridgehead atoms. The minimum Gasteiger partial charge on any atom is -0.468 e. The van der Waals surface area contributed by atoms with Crippen molar-refractivity contribution in [3.63, 3.8) is 0 Å². The number of amides is 3. The zero-order chi connectivity index (χ0) is 26.6. The highest BCUT2D eigenvalue weighted by Gasteiger charge is 2.33. The van der Waals surface area contributed by atoms with Crippen molar-refractivity contribution in [1.82, 2.24) is 15.5 Å². The Morgan fingerprint density at radius 1 is 0.971 bits per heavy atom.